The molecule has 3 rings (SSSR count). The molecule has 6 nitrogen and oxygen atoms in total. The molecule has 2 aliphatic heterocycles. The first-order valence-corrected chi connectivity index (χ1v) is 9.63. The summed E-state index contributed by atoms with van der Waals surface area (Å²) in [6.07, 6.45) is 6.30. The molecule has 0 bridgehead atoms. The van der Waals surface area contributed by atoms with Crippen LogP contribution in [0.3, 0.4) is 0 Å². The van der Waals surface area contributed by atoms with Crippen molar-refractivity contribution < 1.29 is 14.3 Å². The smallest absolute Gasteiger partial charge is 0.409 e. The van der Waals surface area contributed by atoms with E-state index in [4.69, 9.17) is 4.74 Å². The molecule has 1 saturated carbocycles. The van der Waals surface area contributed by atoms with Gasteiger partial charge in [-0.25, -0.2) is 4.79 Å². The molecule has 136 valence electrons. The zero-order chi connectivity index (χ0) is 16.9. The van der Waals surface area contributed by atoms with Crippen molar-refractivity contribution in [3.8, 4) is 0 Å². The van der Waals surface area contributed by atoms with Crippen molar-refractivity contribution in [1.29, 1.82) is 0 Å². The molecule has 0 atom stereocenters. The average molecular weight is 337 g/mol. The summed E-state index contributed by atoms with van der Waals surface area (Å²) in [6.45, 7) is 7.67. The molecule has 0 radical (unpaired) electrons. The van der Waals surface area contributed by atoms with Gasteiger partial charge >= 0.3 is 6.09 Å². The Hall–Kier alpha value is -1.30. The zero-order valence-corrected chi connectivity index (χ0v) is 14.9. The van der Waals surface area contributed by atoms with Gasteiger partial charge in [-0.1, -0.05) is 6.42 Å². The van der Waals surface area contributed by atoms with Crippen molar-refractivity contribution in [2.45, 2.75) is 51.5 Å². The van der Waals surface area contributed by atoms with Gasteiger partial charge in [0.25, 0.3) is 0 Å². The van der Waals surface area contributed by atoms with Crippen molar-refractivity contribution in [3.63, 3.8) is 0 Å². The fourth-order valence-electron chi connectivity index (χ4n) is 4.06. The second-order valence-corrected chi connectivity index (χ2v) is 7.26. The number of hydrogen-bond acceptors (Lipinski definition) is 4. The van der Waals surface area contributed by atoms with Gasteiger partial charge in [-0.3, -0.25) is 9.69 Å². The number of piperidine rings is 1. The fraction of sp³-hybridized carbons (Fsp3) is 0.889. The normalized spacial score (nSPS) is 24.4. The van der Waals surface area contributed by atoms with Crippen LogP contribution in [0.15, 0.2) is 0 Å². The maximum absolute atomic E-state index is 12.4. The van der Waals surface area contributed by atoms with Crippen LogP contribution in [-0.2, 0) is 9.53 Å². The molecule has 24 heavy (non-hydrogen) atoms. The van der Waals surface area contributed by atoms with Crippen LogP contribution >= 0.6 is 0 Å². The van der Waals surface area contributed by atoms with Gasteiger partial charge in [-0.15, -0.1) is 0 Å². The second kappa shape index (κ2) is 8.19. The highest BCUT2D eigenvalue weighted by Crippen LogP contribution is 2.29. The van der Waals surface area contributed by atoms with E-state index in [0.29, 0.717) is 24.5 Å². The monoisotopic (exact) mass is 337 g/mol. The summed E-state index contributed by atoms with van der Waals surface area (Å²) < 4.78 is 5.09. The first-order chi connectivity index (χ1) is 11.7. The summed E-state index contributed by atoms with van der Waals surface area (Å²) in [5, 5.41) is 0. The van der Waals surface area contributed by atoms with Crippen LogP contribution < -0.4 is 0 Å². The van der Waals surface area contributed by atoms with Crippen molar-refractivity contribution in [3.05, 3.63) is 0 Å². The van der Waals surface area contributed by atoms with Gasteiger partial charge in [0.15, 0.2) is 0 Å². The Labute approximate surface area is 145 Å². The van der Waals surface area contributed by atoms with E-state index in [9.17, 15) is 9.59 Å². The minimum Gasteiger partial charge on any atom is -0.450 e. The van der Waals surface area contributed by atoms with Crippen LogP contribution in [0.5, 0.6) is 0 Å². The molecule has 0 spiro atoms. The van der Waals surface area contributed by atoms with Crippen LogP contribution in [0.2, 0.25) is 0 Å². The first-order valence-electron chi connectivity index (χ1n) is 9.63. The summed E-state index contributed by atoms with van der Waals surface area (Å²) >= 11 is 0. The minimum atomic E-state index is -0.177. The molecule has 2 amide bonds. The van der Waals surface area contributed by atoms with Gasteiger partial charge < -0.3 is 14.5 Å². The molecule has 0 aromatic carbocycles. The van der Waals surface area contributed by atoms with E-state index in [1.54, 1.807) is 0 Å². The van der Waals surface area contributed by atoms with Crippen molar-refractivity contribution in [1.82, 2.24) is 14.7 Å². The Morgan fingerprint density at radius 2 is 1.62 bits per heavy atom. The van der Waals surface area contributed by atoms with Gasteiger partial charge in [0.2, 0.25) is 5.91 Å². The summed E-state index contributed by atoms with van der Waals surface area (Å²) in [7, 11) is 0. The second-order valence-electron chi connectivity index (χ2n) is 7.26. The van der Waals surface area contributed by atoms with E-state index >= 15 is 0 Å². The van der Waals surface area contributed by atoms with Crippen molar-refractivity contribution in [2.75, 3.05) is 45.9 Å². The molecule has 0 aromatic heterocycles. The SMILES string of the molecule is CCOC(=O)N1CCC(N2CCCN(C(=O)C3CCC3)CC2)CC1. The highest BCUT2D eigenvalue weighted by molar-refractivity contribution is 5.79. The molecule has 0 N–H and O–H groups in total. The Kier molecular flexibility index (Phi) is 5.98. The zero-order valence-electron chi connectivity index (χ0n) is 14.9. The van der Waals surface area contributed by atoms with Crippen molar-refractivity contribution >= 4 is 12.0 Å². The number of nitrogens with zero attached hydrogens (tertiary/aromatic N) is 3. The number of rotatable bonds is 3. The number of hydrogen-bond donors (Lipinski definition) is 0. The van der Waals surface area contributed by atoms with E-state index < -0.39 is 0 Å². The van der Waals surface area contributed by atoms with Crippen LogP contribution in [0.1, 0.15) is 45.4 Å². The number of amides is 2. The first kappa shape index (κ1) is 17.5. The quantitative estimate of drug-likeness (QED) is 0.790. The van der Waals surface area contributed by atoms with E-state index in [1.165, 1.54) is 6.42 Å². The molecule has 2 heterocycles. The Morgan fingerprint density at radius 1 is 0.875 bits per heavy atom. The van der Waals surface area contributed by atoms with Crippen LogP contribution in [0.4, 0.5) is 4.79 Å². The van der Waals surface area contributed by atoms with Crippen molar-refractivity contribution in [2.24, 2.45) is 5.92 Å². The van der Waals surface area contributed by atoms with E-state index in [-0.39, 0.29) is 6.09 Å². The largest absolute Gasteiger partial charge is 0.450 e. The van der Waals surface area contributed by atoms with Gasteiger partial charge in [0.05, 0.1) is 6.61 Å². The number of carbonyl (C=O) groups is 2. The van der Waals surface area contributed by atoms with Gasteiger partial charge in [-0.2, -0.15) is 0 Å². The number of carbonyl (C=O) groups excluding carboxylic acids is 2. The Balaban J connectivity index is 1.45. The van der Waals surface area contributed by atoms with E-state index in [0.717, 1.165) is 71.4 Å². The highest BCUT2D eigenvalue weighted by Gasteiger charge is 2.32. The molecule has 0 aromatic rings. The maximum Gasteiger partial charge on any atom is 0.409 e. The average Bonchev–Trinajstić information content (AvgIpc) is 2.79. The van der Waals surface area contributed by atoms with Crippen LogP contribution in [0, 0.1) is 5.92 Å². The lowest BCUT2D eigenvalue weighted by molar-refractivity contribution is -0.138. The minimum absolute atomic E-state index is 0.177. The predicted octanol–water partition coefficient (Wildman–Crippen LogP) is 1.94. The summed E-state index contributed by atoms with van der Waals surface area (Å²) in [5.41, 5.74) is 0. The fourth-order valence-corrected chi connectivity index (χ4v) is 4.06. The van der Waals surface area contributed by atoms with E-state index in [1.807, 2.05) is 11.8 Å². The Bertz CT molecular complexity index is 445. The Morgan fingerprint density at radius 3 is 2.25 bits per heavy atom. The third kappa shape index (κ3) is 4.02. The molecular weight excluding hydrogens is 306 g/mol. The van der Waals surface area contributed by atoms with E-state index in [2.05, 4.69) is 9.80 Å². The summed E-state index contributed by atoms with van der Waals surface area (Å²) in [6, 6.07) is 0.537. The molecule has 3 aliphatic rings. The number of likely N-dealkylation sites (tertiary alicyclic amines) is 1. The van der Waals surface area contributed by atoms with Crippen LogP contribution in [0.25, 0.3) is 0 Å². The molecule has 1 aliphatic carbocycles. The van der Waals surface area contributed by atoms with Gasteiger partial charge in [0, 0.05) is 51.2 Å². The molecule has 2 saturated heterocycles. The van der Waals surface area contributed by atoms with Crippen LogP contribution in [-0.4, -0.2) is 78.6 Å². The third-order valence-electron chi connectivity index (χ3n) is 5.80. The lowest BCUT2D eigenvalue weighted by atomic mass is 9.84. The lowest BCUT2D eigenvalue weighted by Gasteiger charge is -2.37. The van der Waals surface area contributed by atoms with Gasteiger partial charge in [0.1, 0.15) is 0 Å². The maximum atomic E-state index is 12.4. The molecule has 0 unspecified atom stereocenters. The topological polar surface area (TPSA) is 53.1 Å². The summed E-state index contributed by atoms with van der Waals surface area (Å²) in [4.78, 5) is 30.7. The summed E-state index contributed by atoms with van der Waals surface area (Å²) in [5.74, 6) is 0.699. The molecule has 6 heteroatoms. The predicted molar refractivity (Wildman–Crippen MR) is 91.7 cm³/mol. The molecule has 3 fully saturated rings. The standard InChI is InChI=1S/C18H31N3O3/c1-2-24-18(23)21-11-7-16(8-12-21)19-9-4-10-20(14-13-19)17(22)15-5-3-6-15/h15-16H,2-14H2,1H3. The lowest BCUT2D eigenvalue weighted by Crippen LogP contribution is -2.48. The van der Waals surface area contributed by atoms with Gasteiger partial charge in [-0.05, 0) is 39.0 Å². The number of ether oxygens (including phenoxy) is 1. The highest BCUT2D eigenvalue weighted by atomic mass is 16.6. The molecular formula is C18H31N3O3. The third-order valence-corrected chi connectivity index (χ3v) is 5.80.